The Morgan fingerprint density at radius 2 is 1.89 bits per heavy atom. The summed E-state index contributed by atoms with van der Waals surface area (Å²) in [5.74, 6) is -5.22. The molecule has 3 rings (SSSR count). The second-order valence-electron chi connectivity index (χ2n) is 8.07. The average Bonchev–Trinajstić information content (AvgIpc) is 3.03. The number of carbonyl (C=O) groups excluding carboxylic acids is 1. The van der Waals surface area contributed by atoms with E-state index < -0.39 is 43.1 Å². The number of likely N-dealkylation sites (tertiary alicyclic amines) is 1. The molecule has 0 bridgehead atoms. The topological polar surface area (TPSA) is 69.6 Å². The molecule has 1 aromatic carbocycles. The van der Waals surface area contributed by atoms with Crippen molar-refractivity contribution in [3.05, 3.63) is 35.4 Å². The van der Waals surface area contributed by atoms with Crippen LogP contribution in [0, 0.1) is 17.3 Å². The molecule has 8 heteroatoms. The Labute approximate surface area is 155 Å². The third-order valence-electron chi connectivity index (χ3n) is 5.80. The van der Waals surface area contributed by atoms with E-state index in [1.807, 2.05) is 38.1 Å². The van der Waals surface area contributed by atoms with Gasteiger partial charge in [0, 0.05) is 13.1 Å². The van der Waals surface area contributed by atoms with Gasteiger partial charge in [-0.2, -0.15) is 13.2 Å². The number of nitrogens with one attached hydrogen (secondary N) is 1. The number of rotatable bonds is 2. The van der Waals surface area contributed by atoms with Crippen LogP contribution in [0.15, 0.2) is 24.3 Å². The monoisotopic (exact) mass is 384 g/mol. The van der Waals surface area contributed by atoms with Crippen molar-refractivity contribution in [2.75, 3.05) is 13.1 Å². The summed E-state index contributed by atoms with van der Waals surface area (Å²) in [7, 11) is 0. The standard InChI is InChI=1S/C19H23F3N2O3/c1-18(2)8-7-11-5-3-4-6-12(11)15(18)23-17(27)24-9-13(16(25)26)14(10-24)19(20,21)22/h3-6,13-15H,7-10H2,1-2H3,(H,23,27)(H,25,26)/t13-,14-,15?/m1/s1. The molecule has 148 valence electrons. The second kappa shape index (κ2) is 6.73. The normalized spacial score (nSPS) is 27.1. The molecular weight excluding hydrogens is 361 g/mol. The minimum atomic E-state index is -4.66. The highest BCUT2D eigenvalue weighted by atomic mass is 19.4. The van der Waals surface area contributed by atoms with E-state index in [0.717, 1.165) is 28.9 Å². The molecular formula is C19H23F3N2O3. The van der Waals surface area contributed by atoms with Crippen LogP contribution in [0.4, 0.5) is 18.0 Å². The molecule has 1 fully saturated rings. The molecule has 2 amide bonds. The highest BCUT2D eigenvalue weighted by Crippen LogP contribution is 2.44. The number of carboxylic acids is 1. The first-order chi connectivity index (χ1) is 12.5. The number of urea groups is 1. The van der Waals surface area contributed by atoms with Crippen molar-refractivity contribution in [1.82, 2.24) is 10.2 Å². The molecule has 1 saturated heterocycles. The van der Waals surface area contributed by atoms with Gasteiger partial charge in [0.15, 0.2) is 0 Å². The van der Waals surface area contributed by atoms with Gasteiger partial charge in [0.25, 0.3) is 0 Å². The number of halogens is 3. The number of carboxylic acid groups (broad SMARTS) is 1. The molecule has 1 unspecified atom stereocenters. The molecule has 1 aliphatic carbocycles. The third-order valence-corrected chi connectivity index (χ3v) is 5.80. The number of amides is 2. The van der Waals surface area contributed by atoms with Gasteiger partial charge in [-0.15, -0.1) is 0 Å². The molecule has 5 nitrogen and oxygen atoms in total. The van der Waals surface area contributed by atoms with Crippen LogP contribution in [0.5, 0.6) is 0 Å². The van der Waals surface area contributed by atoms with Crippen LogP contribution in [0.25, 0.3) is 0 Å². The molecule has 0 radical (unpaired) electrons. The molecule has 1 aromatic rings. The van der Waals surface area contributed by atoms with Gasteiger partial charge in [-0.3, -0.25) is 4.79 Å². The number of benzene rings is 1. The van der Waals surface area contributed by atoms with Gasteiger partial charge >= 0.3 is 18.2 Å². The molecule has 27 heavy (non-hydrogen) atoms. The largest absolute Gasteiger partial charge is 0.481 e. The van der Waals surface area contributed by atoms with Crippen molar-refractivity contribution in [3.8, 4) is 0 Å². The third kappa shape index (κ3) is 3.75. The van der Waals surface area contributed by atoms with Gasteiger partial charge in [-0.05, 0) is 29.4 Å². The highest BCUT2D eigenvalue weighted by molar-refractivity contribution is 5.78. The van der Waals surface area contributed by atoms with E-state index >= 15 is 0 Å². The minimum absolute atomic E-state index is 0.265. The fraction of sp³-hybridized carbons (Fsp3) is 0.579. The van der Waals surface area contributed by atoms with Crippen LogP contribution in [0.1, 0.15) is 37.4 Å². The summed E-state index contributed by atoms with van der Waals surface area (Å²) in [5, 5.41) is 12.0. The summed E-state index contributed by atoms with van der Waals surface area (Å²) in [6.45, 7) is 2.94. The fourth-order valence-corrected chi connectivity index (χ4v) is 4.11. The first-order valence-corrected chi connectivity index (χ1v) is 8.93. The fourth-order valence-electron chi connectivity index (χ4n) is 4.11. The molecule has 2 N–H and O–H groups in total. The maximum Gasteiger partial charge on any atom is 0.394 e. The van der Waals surface area contributed by atoms with Gasteiger partial charge in [-0.1, -0.05) is 38.1 Å². The van der Waals surface area contributed by atoms with Gasteiger partial charge in [-0.25, -0.2) is 4.79 Å². The van der Waals surface area contributed by atoms with E-state index in [2.05, 4.69) is 5.32 Å². The summed E-state index contributed by atoms with van der Waals surface area (Å²) in [5.41, 5.74) is 1.81. The highest BCUT2D eigenvalue weighted by Gasteiger charge is 2.54. The number of nitrogens with zero attached hydrogens (tertiary/aromatic N) is 1. The minimum Gasteiger partial charge on any atom is -0.481 e. The lowest BCUT2D eigenvalue weighted by Gasteiger charge is -2.41. The van der Waals surface area contributed by atoms with Gasteiger partial charge in [0.2, 0.25) is 0 Å². The van der Waals surface area contributed by atoms with Crippen molar-refractivity contribution in [3.63, 3.8) is 0 Å². The number of carbonyl (C=O) groups is 2. The van der Waals surface area contributed by atoms with Crippen molar-refractivity contribution in [2.45, 2.75) is 38.9 Å². The Morgan fingerprint density at radius 1 is 1.22 bits per heavy atom. The maximum absolute atomic E-state index is 13.2. The second-order valence-corrected chi connectivity index (χ2v) is 8.07. The SMILES string of the molecule is CC1(C)CCc2ccccc2C1NC(=O)N1C[C@@H](C(F)(F)F)[C@H](C(=O)O)C1. The number of hydrogen-bond acceptors (Lipinski definition) is 2. The Morgan fingerprint density at radius 3 is 2.48 bits per heavy atom. The number of aliphatic carboxylic acids is 1. The van der Waals surface area contributed by atoms with Gasteiger partial charge in [0.05, 0.1) is 17.9 Å². The van der Waals surface area contributed by atoms with Crippen LogP contribution in [-0.2, 0) is 11.2 Å². The summed E-state index contributed by atoms with van der Waals surface area (Å²) in [6, 6.07) is 6.70. The lowest BCUT2D eigenvalue weighted by Crippen LogP contribution is -2.46. The Bertz CT molecular complexity index is 748. The smallest absolute Gasteiger partial charge is 0.394 e. The summed E-state index contributed by atoms with van der Waals surface area (Å²) < 4.78 is 39.5. The zero-order valence-corrected chi connectivity index (χ0v) is 15.2. The lowest BCUT2D eigenvalue weighted by atomic mass is 9.70. The zero-order valence-electron chi connectivity index (χ0n) is 15.2. The quantitative estimate of drug-likeness (QED) is 0.819. The van der Waals surface area contributed by atoms with Crippen LogP contribution in [0.3, 0.4) is 0 Å². The summed E-state index contributed by atoms with van der Waals surface area (Å²) >= 11 is 0. The van der Waals surface area contributed by atoms with E-state index in [1.165, 1.54) is 0 Å². The molecule has 2 aliphatic rings. The number of fused-ring (bicyclic) bond motifs is 1. The van der Waals surface area contributed by atoms with Crippen LogP contribution < -0.4 is 5.32 Å². The first kappa shape index (κ1) is 19.5. The van der Waals surface area contributed by atoms with Gasteiger partial charge in [0.1, 0.15) is 0 Å². The predicted molar refractivity (Wildman–Crippen MR) is 92.1 cm³/mol. The average molecular weight is 384 g/mol. The van der Waals surface area contributed by atoms with Crippen molar-refractivity contribution in [1.29, 1.82) is 0 Å². The van der Waals surface area contributed by atoms with E-state index in [-0.39, 0.29) is 11.5 Å². The van der Waals surface area contributed by atoms with E-state index in [9.17, 15) is 22.8 Å². The number of alkyl halides is 3. The van der Waals surface area contributed by atoms with Crippen molar-refractivity contribution < 1.29 is 27.9 Å². The first-order valence-electron chi connectivity index (χ1n) is 8.93. The number of aryl methyl sites for hydroxylation is 1. The van der Waals surface area contributed by atoms with Gasteiger partial charge < -0.3 is 15.3 Å². The van der Waals surface area contributed by atoms with E-state index in [1.54, 1.807) is 0 Å². The Balaban J connectivity index is 1.80. The molecule has 0 spiro atoms. The molecule has 0 saturated carbocycles. The van der Waals surface area contributed by atoms with Crippen LogP contribution >= 0.6 is 0 Å². The molecule has 0 aromatic heterocycles. The van der Waals surface area contributed by atoms with E-state index in [0.29, 0.717) is 0 Å². The lowest BCUT2D eigenvalue weighted by molar-refractivity contribution is -0.187. The maximum atomic E-state index is 13.2. The summed E-state index contributed by atoms with van der Waals surface area (Å²) in [6.07, 6.45) is -2.96. The van der Waals surface area contributed by atoms with Crippen LogP contribution in [0.2, 0.25) is 0 Å². The molecule has 3 atom stereocenters. The van der Waals surface area contributed by atoms with Crippen LogP contribution in [-0.4, -0.2) is 41.3 Å². The van der Waals surface area contributed by atoms with Crippen molar-refractivity contribution >= 4 is 12.0 Å². The zero-order chi connectivity index (χ0) is 20.0. The van der Waals surface area contributed by atoms with E-state index in [4.69, 9.17) is 5.11 Å². The van der Waals surface area contributed by atoms with Crippen molar-refractivity contribution in [2.24, 2.45) is 17.3 Å². The number of hydrogen-bond donors (Lipinski definition) is 2. The summed E-state index contributed by atoms with van der Waals surface area (Å²) in [4.78, 5) is 24.9. The predicted octanol–water partition coefficient (Wildman–Crippen LogP) is 3.60. The Kier molecular flexibility index (Phi) is 4.86. The molecule has 1 heterocycles. The molecule has 1 aliphatic heterocycles. The Hall–Kier alpha value is -2.25.